The molecule has 1 aromatic carbocycles. The van der Waals surface area contributed by atoms with Crippen molar-refractivity contribution in [1.82, 2.24) is 24.6 Å². The molecule has 0 radical (unpaired) electrons. The highest BCUT2D eigenvalue weighted by atomic mass is 31.2. The maximum atomic E-state index is 14.3. The summed E-state index contributed by atoms with van der Waals surface area (Å²) >= 11 is 0. The van der Waals surface area contributed by atoms with Crippen molar-refractivity contribution in [2.75, 3.05) is 18.9 Å². The average Bonchev–Trinajstić information content (AvgIpc) is 3.66. The highest BCUT2D eigenvalue weighted by molar-refractivity contribution is 7.51. The minimum atomic E-state index is -4.73. The van der Waals surface area contributed by atoms with E-state index in [9.17, 15) is 28.8 Å². The van der Waals surface area contributed by atoms with Gasteiger partial charge in [-0.25, -0.2) is 19.4 Å². The van der Waals surface area contributed by atoms with Gasteiger partial charge >= 0.3 is 25.8 Å². The molecule has 0 amide bonds. The lowest BCUT2D eigenvalue weighted by Gasteiger charge is -2.30. The topological polar surface area (TPSA) is 210 Å². The number of imidazole rings is 1. The molecule has 3 heterocycles. The van der Waals surface area contributed by atoms with Crippen LogP contribution in [0.3, 0.4) is 0 Å². The first-order chi connectivity index (χ1) is 23.9. The zero-order valence-electron chi connectivity index (χ0n) is 28.1. The zero-order chi connectivity index (χ0) is 36.3. The van der Waals surface area contributed by atoms with Gasteiger partial charge in [-0.3, -0.25) is 18.4 Å². The second-order valence-electron chi connectivity index (χ2n) is 12.1. The molecule has 0 spiro atoms. The second kappa shape index (κ2) is 17.8. The van der Waals surface area contributed by atoms with Gasteiger partial charge in [0.2, 0.25) is 0 Å². The highest BCUT2D eigenvalue weighted by Gasteiger charge is 2.50. The van der Waals surface area contributed by atoms with Gasteiger partial charge in [-0.2, -0.15) is 14.4 Å². The largest absolute Gasteiger partial charge is 0.480 e. The van der Waals surface area contributed by atoms with Crippen molar-refractivity contribution in [2.45, 2.75) is 102 Å². The summed E-state index contributed by atoms with van der Waals surface area (Å²) in [5.74, 6) is -0.0815. The number of ether oxygens (including phenoxy) is 2. The number of unbranched alkanes of at least 4 members (excludes halogenated alkanes) is 6. The van der Waals surface area contributed by atoms with Crippen molar-refractivity contribution in [2.24, 2.45) is 0 Å². The van der Waals surface area contributed by atoms with Gasteiger partial charge in [-0.05, 0) is 25.3 Å². The minimum Gasteiger partial charge on any atom is -0.480 e. The number of terminal acetylenes is 1. The third-order valence-electron chi connectivity index (χ3n) is 8.25. The molecule has 0 aliphatic carbocycles. The summed E-state index contributed by atoms with van der Waals surface area (Å²) < 4.78 is 52.2. The number of esters is 1. The normalized spacial score (nSPS) is 21.3. The molecule has 1 saturated heterocycles. The maximum Gasteiger partial charge on any atom is 0.407 e. The summed E-state index contributed by atoms with van der Waals surface area (Å²) in [4.78, 5) is 36.4. The molecule has 3 aromatic rings. The molecule has 5 N–H and O–H groups in total. The standard InChI is InChI=1S/C33H44FN6O9P/c1-4-6-7-8-9-10-14-17-46-31(44)22(3)49-50(45,39-24(30(42)43)18-23-15-12-11-13-16-23)47-20-33(5-2)25(41)19-26(48-33)40-21-36-27-28(35)37-32(34)38-29(27)40/h2,11-13,15-16,21-22,24-26,41H,4,6-10,14,17-20H2,1,3H3,(H,39,45)(H,42,43)(H2,35,37,38)/t22-,24-,25-,26+,33+,50-/m0/s1. The quantitative estimate of drug-likeness (QED) is 0.0422. The lowest BCUT2D eigenvalue weighted by atomic mass is 9.99. The molecular weight excluding hydrogens is 674 g/mol. The van der Waals surface area contributed by atoms with E-state index in [0.29, 0.717) is 12.0 Å². The molecule has 1 aliphatic rings. The van der Waals surface area contributed by atoms with Crippen molar-refractivity contribution < 1.29 is 47.3 Å². The number of carboxylic acids is 1. The van der Waals surface area contributed by atoms with Gasteiger partial charge in [-0.15, -0.1) is 6.42 Å². The molecule has 1 aliphatic heterocycles. The average molecular weight is 719 g/mol. The fourth-order valence-corrected chi connectivity index (χ4v) is 7.10. The molecule has 2 aromatic heterocycles. The monoisotopic (exact) mass is 718 g/mol. The third-order valence-corrected chi connectivity index (χ3v) is 9.94. The van der Waals surface area contributed by atoms with E-state index in [-0.39, 0.29) is 36.4 Å². The SMILES string of the molecule is C#C[C@]1(CO[P@@](=O)(N[C@@H](Cc2ccccc2)C(=O)O)O[C@@H](C)C(=O)OCCCCCCCCC)O[C@@H](n2cnc3c(N)nc(F)nc32)C[C@@H]1O. The van der Waals surface area contributed by atoms with Gasteiger partial charge in [0.05, 0.1) is 12.9 Å². The first-order valence-electron chi connectivity index (χ1n) is 16.5. The Morgan fingerprint density at radius 2 is 1.92 bits per heavy atom. The number of carbonyl (C=O) groups excluding carboxylic acids is 1. The number of nitrogens with zero attached hydrogens (tertiary/aromatic N) is 4. The molecular formula is C33H44FN6O9P. The number of carbonyl (C=O) groups is 2. The van der Waals surface area contributed by atoms with Crippen LogP contribution >= 0.6 is 7.75 Å². The van der Waals surface area contributed by atoms with Crippen LogP contribution in [0.4, 0.5) is 10.2 Å². The highest BCUT2D eigenvalue weighted by Crippen LogP contribution is 2.49. The first-order valence-corrected chi connectivity index (χ1v) is 18.1. The predicted octanol–water partition coefficient (Wildman–Crippen LogP) is 4.31. The maximum absolute atomic E-state index is 14.3. The van der Waals surface area contributed by atoms with Crippen molar-refractivity contribution in [1.29, 1.82) is 0 Å². The predicted molar refractivity (Wildman–Crippen MR) is 180 cm³/mol. The smallest absolute Gasteiger partial charge is 0.407 e. The lowest BCUT2D eigenvalue weighted by molar-refractivity contribution is -0.152. The number of benzene rings is 1. The van der Waals surface area contributed by atoms with E-state index < -0.39 is 62.4 Å². The molecule has 0 unspecified atom stereocenters. The van der Waals surface area contributed by atoms with Crippen molar-refractivity contribution in [3.05, 3.63) is 48.3 Å². The second-order valence-corrected chi connectivity index (χ2v) is 13.8. The Hall–Kier alpha value is -3.97. The lowest BCUT2D eigenvalue weighted by Crippen LogP contribution is -2.44. The van der Waals surface area contributed by atoms with Gasteiger partial charge < -0.3 is 25.4 Å². The first kappa shape index (κ1) is 38.8. The summed E-state index contributed by atoms with van der Waals surface area (Å²) in [7, 11) is -4.73. The Morgan fingerprint density at radius 1 is 1.22 bits per heavy atom. The Labute approximate surface area is 289 Å². The number of hydrogen-bond acceptors (Lipinski definition) is 12. The molecule has 272 valence electrons. The summed E-state index contributed by atoms with van der Waals surface area (Å²) in [5, 5.41) is 23.5. The van der Waals surface area contributed by atoms with E-state index in [0.717, 1.165) is 32.1 Å². The van der Waals surface area contributed by atoms with E-state index in [1.807, 2.05) is 0 Å². The van der Waals surface area contributed by atoms with Crippen LogP contribution in [0.15, 0.2) is 36.7 Å². The summed E-state index contributed by atoms with van der Waals surface area (Å²) in [5.41, 5.74) is 4.48. The summed E-state index contributed by atoms with van der Waals surface area (Å²) in [6.45, 7) is 2.78. The minimum absolute atomic E-state index is 0.0225. The number of aliphatic hydroxyl groups is 1. The van der Waals surface area contributed by atoms with E-state index in [4.69, 9.17) is 30.7 Å². The summed E-state index contributed by atoms with van der Waals surface area (Å²) in [6, 6.07) is 7.07. The number of fused-ring (bicyclic) bond motifs is 1. The molecule has 4 rings (SSSR count). The molecule has 6 atom stereocenters. The number of halogens is 1. The Bertz CT molecular complexity index is 1690. The number of aliphatic hydroxyl groups excluding tert-OH is 1. The molecule has 0 bridgehead atoms. The fourth-order valence-electron chi connectivity index (χ4n) is 5.45. The Kier molecular flexibility index (Phi) is 13.8. The Balaban J connectivity index is 1.49. The fraction of sp³-hybridized carbons (Fsp3) is 0.545. The van der Waals surface area contributed by atoms with Crippen LogP contribution in [0, 0.1) is 18.4 Å². The number of aliphatic carboxylic acids is 1. The van der Waals surface area contributed by atoms with Crippen LogP contribution in [0.1, 0.15) is 77.0 Å². The third kappa shape index (κ3) is 10.1. The van der Waals surface area contributed by atoms with Crippen LogP contribution in [0.2, 0.25) is 0 Å². The van der Waals surface area contributed by atoms with Crippen molar-refractivity contribution in [3.63, 3.8) is 0 Å². The molecule has 15 nitrogen and oxygen atoms in total. The van der Waals surface area contributed by atoms with Gasteiger partial charge in [0.1, 0.15) is 25.0 Å². The van der Waals surface area contributed by atoms with Gasteiger partial charge in [0.15, 0.2) is 28.7 Å². The number of aromatic nitrogens is 4. The van der Waals surface area contributed by atoms with Gasteiger partial charge in [0.25, 0.3) is 0 Å². The van der Waals surface area contributed by atoms with Crippen LogP contribution in [-0.2, 0) is 39.1 Å². The number of rotatable bonds is 20. The van der Waals surface area contributed by atoms with Crippen LogP contribution < -0.4 is 10.8 Å². The number of carboxylic acid groups (broad SMARTS) is 1. The number of nitrogens with two attached hydrogens (primary N) is 1. The van der Waals surface area contributed by atoms with Crippen LogP contribution in [-0.4, -0.2) is 78.7 Å². The number of anilines is 1. The number of nitrogen functional groups attached to an aromatic ring is 1. The van der Waals surface area contributed by atoms with Crippen molar-refractivity contribution in [3.8, 4) is 12.3 Å². The number of nitrogens with one attached hydrogen (secondary N) is 1. The van der Waals surface area contributed by atoms with E-state index in [1.165, 1.54) is 24.2 Å². The van der Waals surface area contributed by atoms with Crippen molar-refractivity contribution >= 4 is 36.7 Å². The molecule has 0 saturated carbocycles. The summed E-state index contributed by atoms with van der Waals surface area (Å²) in [6.07, 6.45) is 8.83. The molecule has 1 fully saturated rings. The number of hydrogen-bond donors (Lipinski definition) is 4. The van der Waals surface area contributed by atoms with Gasteiger partial charge in [-0.1, -0.05) is 81.7 Å². The molecule has 17 heteroatoms. The Morgan fingerprint density at radius 3 is 2.60 bits per heavy atom. The van der Waals surface area contributed by atoms with Crippen LogP contribution in [0.25, 0.3) is 11.2 Å². The zero-order valence-corrected chi connectivity index (χ0v) is 29.0. The van der Waals surface area contributed by atoms with Gasteiger partial charge in [0, 0.05) is 6.42 Å². The van der Waals surface area contributed by atoms with E-state index >= 15 is 0 Å². The van der Waals surface area contributed by atoms with E-state index in [1.54, 1.807) is 30.3 Å². The molecule has 50 heavy (non-hydrogen) atoms. The van der Waals surface area contributed by atoms with Crippen LogP contribution in [0.5, 0.6) is 0 Å². The van der Waals surface area contributed by atoms with E-state index in [2.05, 4.69) is 32.9 Å².